The Morgan fingerprint density at radius 3 is 2.45 bits per heavy atom. The molecule has 0 spiro atoms. The topological polar surface area (TPSA) is 203 Å². The van der Waals surface area contributed by atoms with E-state index in [2.05, 4.69) is 11.9 Å². The number of carbonyl (C=O) groups is 4. The van der Waals surface area contributed by atoms with Gasteiger partial charge in [0.2, 0.25) is 5.78 Å². The summed E-state index contributed by atoms with van der Waals surface area (Å²) >= 11 is 0. The van der Waals surface area contributed by atoms with Gasteiger partial charge in [-0.3, -0.25) is 19.3 Å². The van der Waals surface area contributed by atoms with E-state index in [9.17, 15) is 39.6 Å². The van der Waals surface area contributed by atoms with Crippen LogP contribution in [0.25, 0.3) is 5.76 Å². The standard InChI is InChI=1S/C29H36N4O9/c1-6-7-8-42-28(40)31-12-14-11-17(32(2)3)15-9-13-10-16-21(33(4)5)24(36)20(27(30)39)26(38)29(16,41)25(37)18(13)23(35)19(15)22(14)34/h6,11,13,16,21,34-35,38,41H,1,7-10,12H2,2-5H3,(H2,30,39)(H,31,40)/t13-,16-,21?,29-/m0/s1. The number of ether oxygens (including phenoxy) is 1. The number of hydrogen-bond donors (Lipinski definition) is 6. The third kappa shape index (κ3) is 4.68. The minimum absolute atomic E-state index is 0.0146. The minimum Gasteiger partial charge on any atom is -0.508 e. The lowest BCUT2D eigenvalue weighted by Crippen LogP contribution is -2.65. The Balaban J connectivity index is 1.85. The minimum atomic E-state index is -2.72. The second kappa shape index (κ2) is 11.1. The lowest BCUT2D eigenvalue weighted by Gasteiger charge is -2.50. The predicted molar refractivity (Wildman–Crippen MR) is 152 cm³/mol. The number of likely N-dealkylation sites (N-methyl/N-ethyl adjacent to an activating group) is 1. The molecule has 4 rings (SSSR count). The van der Waals surface area contributed by atoms with E-state index < -0.39 is 69.9 Å². The van der Waals surface area contributed by atoms with Crippen molar-refractivity contribution in [1.82, 2.24) is 10.2 Å². The smallest absolute Gasteiger partial charge is 0.407 e. The quantitative estimate of drug-likeness (QED) is 0.143. The number of ketones is 2. The molecule has 0 bridgehead atoms. The lowest BCUT2D eigenvalue weighted by atomic mass is 9.57. The number of amides is 2. The van der Waals surface area contributed by atoms with Crippen molar-refractivity contribution < 1.29 is 44.3 Å². The fourth-order valence-corrected chi connectivity index (χ4v) is 6.33. The highest BCUT2D eigenvalue weighted by Crippen LogP contribution is 2.54. The van der Waals surface area contributed by atoms with Crippen LogP contribution in [-0.2, 0) is 32.1 Å². The van der Waals surface area contributed by atoms with Crippen LogP contribution in [0.3, 0.4) is 0 Å². The molecule has 3 aliphatic rings. The first-order valence-corrected chi connectivity index (χ1v) is 13.4. The molecule has 7 N–H and O–H groups in total. The molecule has 1 fully saturated rings. The summed E-state index contributed by atoms with van der Waals surface area (Å²) in [4.78, 5) is 54.7. The normalized spacial score (nSPS) is 25.0. The Morgan fingerprint density at radius 2 is 1.88 bits per heavy atom. The van der Waals surface area contributed by atoms with Gasteiger partial charge in [0.05, 0.1) is 18.2 Å². The van der Waals surface area contributed by atoms with Gasteiger partial charge >= 0.3 is 6.09 Å². The van der Waals surface area contributed by atoms with Gasteiger partial charge in [0.25, 0.3) is 5.91 Å². The highest BCUT2D eigenvalue weighted by molar-refractivity contribution is 6.24. The van der Waals surface area contributed by atoms with E-state index in [1.165, 1.54) is 4.90 Å². The summed E-state index contributed by atoms with van der Waals surface area (Å²) in [6, 6.07) is 0.488. The van der Waals surface area contributed by atoms with Crippen LogP contribution >= 0.6 is 0 Å². The van der Waals surface area contributed by atoms with E-state index in [-0.39, 0.29) is 42.7 Å². The molecule has 4 atom stereocenters. The second-order valence-electron chi connectivity index (χ2n) is 11.2. The molecule has 2 amide bonds. The summed E-state index contributed by atoms with van der Waals surface area (Å²) in [6.45, 7) is 3.51. The third-order valence-electron chi connectivity index (χ3n) is 8.24. The molecule has 1 saturated carbocycles. The van der Waals surface area contributed by atoms with Gasteiger partial charge in [-0.1, -0.05) is 6.08 Å². The molecule has 1 unspecified atom stereocenters. The van der Waals surface area contributed by atoms with E-state index >= 15 is 0 Å². The Morgan fingerprint density at radius 1 is 1.21 bits per heavy atom. The Bertz CT molecular complexity index is 1440. The first-order valence-electron chi connectivity index (χ1n) is 13.4. The zero-order valence-electron chi connectivity index (χ0n) is 23.9. The molecule has 0 aliphatic heterocycles. The van der Waals surface area contributed by atoms with E-state index in [1.807, 2.05) is 0 Å². The molecule has 0 heterocycles. The summed E-state index contributed by atoms with van der Waals surface area (Å²) in [5, 5.41) is 48.1. The van der Waals surface area contributed by atoms with Crippen LogP contribution in [0.4, 0.5) is 10.5 Å². The van der Waals surface area contributed by atoms with Crippen LogP contribution in [0.2, 0.25) is 0 Å². The SMILES string of the molecule is C=CCCOC(=O)NCc1cc(N(C)C)c2c(c1O)C(O)=C1C(=O)[C@]3(O)C(O)=C(C(N)=O)C(=O)C(N(C)C)[C@@H]3C[C@@H]1C2. The fourth-order valence-electron chi connectivity index (χ4n) is 6.33. The van der Waals surface area contributed by atoms with Gasteiger partial charge in [0.15, 0.2) is 11.4 Å². The molecule has 0 radical (unpaired) electrons. The number of nitrogens with zero attached hydrogens (tertiary/aromatic N) is 2. The van der Waals surface area contributed by atoms with Crippen LogP contribution in [-0.4, -0.2) is 95.3 Å². The number of nitrogens with one attached hydrogen (secondary N) is 1. The summed E-state index contributed by atoms with van der Waals surface area (Å²) in [7, 11) is 6.59. The predicted octanol–water partition coefficient (Wildman–Crippen LogP) is 0.832. The van der Waals surface area contributed by atoms with Crippen molar-refractivity contribution in [1.29, 1.82) is 0 Å². The highest BCUT2D eigenvalue weighted by Gasteiger charge is 2.64. The maximum Gasteiger partial charge on any atom is 0.407 e. The molecule has 0 aromatic heterocycles. The summed E-state index contributed by atoms with van der Waals surface area (Å²) < 4.78 is 5.04. The second-order valence-corrected chi connectivity index (χ2v) is 11.2. The Kier molecular flexibility index (Phi) is 8.11. The van der Waals surface area contributed by atoms with Crippen LogP contribution < -0.4 is 16.0 Å². The number of primary amides is 1. The van der Waals surface area contributed by atoms with Crippen molar-refractivity contribution in [3.8, 4) is 5.75 Å². The number of rotatable bonds is 8. The van der Waals surface area contributed by atoms with Crippen molar-refractivity contribution in [2.75, 3.05) is 39.7 Å². The van der Waals surface area contributed by atoms with Crippen molar-refractivity contribution in [3.05, 3.63) is 52.3 Å². The number of aliphatic hydroxyl groups excluding tert-OH is 2. The molecular weight excluding hydrogens is 548 g/mol. The van der Waals surface area contributed by atoms with Gasteiger partial charge in [-0.2, -0.15) is 0 Å². The lowest BCUT2D eigenvalue weighted by molar-refractivity contribution is -0.153. The zero-order chi connectivity index (χ0) is 31.3. The van der Waals surface area contributed by atoms with Crippen molar-refractivity contribution in [2.24, 2.45) is 17.6 Å². The monoisotopic (exact) mass is 584 g/mol. The number of alkyl carbamates (subject to hydrolysis) is 1. The highest BCUT2D eigenvalue weighted by atomic mass is 16.5. The maximum atomic E-state index is 14.0. The molecule has 42 heavy (non-hydrogen) atoms. The fraction of sp³-hybridized carbons (Fsp3) is 0.448. The first-order chi connectivity index (χ1) is 19.7. The molecule has 226 valence electrons. The maximum absolute atomic E-state index is 14.0. The Labute approximate surface area is 242 Å². The van der Waals surface area contributed by atoms with Crippen molar-refractivity contribution >= 4 is 35.0 Å². The molecule has 0 saturated heterocycles. The van der Waals surface area contributed by atoms with Crippen LogP contribution in [0.15, 0.2) is 35.6 Å². The largest absolute Gasteiger partial charge is 0.508 e. The zero-order valence-corrected chi connectivity index (χ0v) is 23.9. The van der Waals surface area contributed by atoms with E-state index in [0.29, 0.717) is 17.7 Å². The van der Waals surface area contributed by atoms with Gasteiger partial charge in [-0.05, 0) is 50.9 Å². The number of hydrogen-bond acceptors (Lipinski definition) is 11. The molecule has 1 aromatic rings. The summed E-state index contributed by atoms with van der Waals surface area (Å²) in [6.07, 6.45) is 1.46. The van der Waals surface area contributed by atoms with Crippen LogP contribution in [0.1, 0.15) is 29.5 Å². The number of aliphatic hydroxyl groups is 3. The Hall–Kier alpha value is -4.36. The number of carbonyl (C=O) groups excluding carboxylic acids is 4. The molecule has 13 nitrogen and oxygen atoms in total. The number of aromatic hydroxyl groups is 1. The summed E-state index contributed by atoms with van der Waals surface area (Å²) in [5.41, 5.74) is 2.79. The summed E-state index contributed by atoms with van der Waals surface area (Å²) in [5.74, 6) is -7.22. The molecule has 1 aromatic carbocycles. The molecule has 3 aliphatic carbocycles. The van der Waals surface area contributed by atoms with E-state index in [4.69, 9.17) is 10.5 Å². The van der Waals surface area contributed by atoms with Gasteiger partial charge in [0, 0.05) is 43.4 Å². The van der Waals surface area contributed by atoms with Gasteiger partial charge in [0.1, 0.15) is 22.8 Å². The average Bonchev–Trinajstić information content (AvgIpc) is 2.89. The van der Waals surface area contributed by atoms with Gasteiger partial charge < -0.3 is 41.1 Å². The third-order valence-corrected chi connectivity index (χ3v) is 8.24. The van der Waals surface area contributed by atoms with Gasteiger partial charge in [-0.15, -0.1) is 6.58 Å². The van der Waals surface area contributed by atoms with Crippen molar-refractivity contribution in [2.45, 2.75) is 37.5 Å². The number of anilines is 1. The number of fused-ring (bicyclic) bond motifs is 3. The van der Waals surface area contributed by atoms with E-state index in [1.54, 1.807) is 45.2 Å². The molecule has 13 heteroatoms. The number of Topliss-reactive ketones (excluding diaryl/α,β-unsaturated/α-hetero) is 2. The molecular formula is C29H36N4O9. The van der Waals surface area contributed by atoms with Crippen LogP contribution in [0.5, 0.6) is 5.75 Å². The number of benzene rings is 1. The number of phenolic OH excluding ortho intramolecular Hbond substituents is 1. The van der Waals surface area contributed by atoms with E-state index in [0.717, 1.165) is 0 Å². The number of nitrogens with two attached hydrogens (primary N) is 1. The number of phenols is 1. The van der Waals surface area contributed by atoms with Gasteiger partial charge in [-0.25, -0.2) is 4.79 Å². The average molecular weight is 585 g/mol. The van der Waals surface area contributed by atoms with Crippen LogP contribution in [0, 0.1) is 11.8 Å². The van der Waals surface area contributed by atoms with Crippen molar-refractivity contribution in [3.63, 3.8) is 0 Å². The first kappa shape index (κ1) is 30.6.